The van der Waals surface area contributed by atoms with Crippen molar-refractivity contribution in [1.29, 1.82) is 0 Å². The minimum atomic E-state index is -4.20. The molecule has 2 aromatic rings. The molecule has 1 aromatic carbocycles. The van der Waals surface area contributed by atoms with E-state index in [-0.39, 0.29) is 12.5 Å². The zero-order valence-electron chi connectivity index (χ0n) is 16.1. The van der Waals surface area contributed by atoms with Gasteiger partial charge in [-0.2, -0.15) is 0 Å². The average Bonchev–Trinajstić information content (AvgIpc) is 3.05. The number of halogens is 1. The SMILES string of the molecule is CC(C)Oc1cc(OC2=CCC(P(=O)(O)O)C=C2)cc(C(=O)Nc2ncc(Cl)s2)c1. The summed E-state index contributed by atoms with van der Waals surface area (Å²) in [5, 5.41) is 3.04. The topological polar surface area (TPSA) is 118 Å². The number of carbonyl (C=O) groups excluding carboxylic acids is 1. The van der Waals surface area contributed by atoms with Crippen molar-refractivity contribution in [2.45, 2.75) is 32.0 Å². The molecule has 11 heteroatoms. The largest absolute Gasteiger partial charge is 0.491 e. The Kier molecular flexibility index (Phi) is 7.00. The highest BCUT2D eigenvalue weighted by Crippen LogP contribution is 2.45. The van der Waals surface area contributed by atoms with Crippen LogP contribution in [0, 0.1) is 0 Å². The molecule has 3 rings (SSSR count). The second kappa shape index (κ2) is 9.32. The normalized spacial score (nSPS) is 16.3. The summed E-state index contributed by atoms with van der Waals surface area (Å²) in [6.45, 7) is 3.72. The molecule has 30 heavy (non-hydrogen) atoms. The maximum atomic E-state index is 12.6. The van der Waals surface area contributed by atoms with Crippen LogP contribution >= 0.6 is 30.5 Å². The third-order valence-corrected chi connectivity index (χ3v) is 6.20. The highest BCUT2D eigenvalue weighted by Gasteiger charge is 2.27. The van der Waals surface area contributed by atoms with Gasteiger partial charge in [-0.05, 0) is 44.6 Å². The van der Waals surface area contributed by atoms with Gasteiger partial charge >= 0.3 is 7.60 Å². The first-order chi connectivity index (χ1) is 14.1. The van der Waals surface area contributed by atoms with Crippen LogP contribution in [0.3, 0.4) is 0 Å². The maximum absolute atomic E-state index is 12.6. The molecule has 1 aromatic heterocycles. The van der Waals surface area contributed by atoms with Crippen molar-refractivity contribution in [2.24, 2.45) is 0 Å². The number of hydrogen-bond acceptors (Lipinski definition) is 6. The van der Waals surface area contributed by atoms with Gasteiger partial charge in [0.15, 0.2) is 5.13 Å². The van der Waals surface area contributed by atoms with Crippen LogP contribution in [-0.4, -0.2) is 32.4 Å². The molecule has 0 spiro atoms. The van der Waals surface area contributed by atoms with Crippen LogP contribution in [0.4, 0.5) is 5.13 Å². The van der Waals surface area contributed by atoms with E-state index < -0.39 is 19.2 Å². The number of rotatable bonds is 7. The van der Waals surface area contributed by atoms with Crippen molar-refractivity contribution in [1.82, 2.24) is 4.98 Å². The minimum absolute atomic E-state index is 0.119. The van der Waals surface area contributed by atoms with Gasteiger partial charge in [0.1, 0.15) is 21.6 Å². The second-order valence-electron chi connectivity index (χ2n) is 6.74. The number of anilines is 1. The molecule has 1 unspecified atom stereocenters. The highest BCUT2D eigenvalue weighted by molar-refractivity contribution is 7.52. The second-order valence-corrected chi connectivity index (χ2v) is 10.2. The Morgan fingerprint density at radius 2 is 2.07 bits per heavy atom. The van der Waals surface area contributed by atoms with E-state index in [0.717, 1.165) is 11.3 Å². The summed E-state index contributed by atoms with van der Waals surface area (Å²) in [6.07, 6.45) is 5.99. The molecule has 0 saturated heterocycles. The molecule has 1 atom stereocenters. The highest BCUT2D eigenvalue weighted by atomic mass is 35.5. The van der Waals surface area contributed by atoms with Gasteiger partial charge in [-0.25, -0.2) is 4.98 Å². The molecular formula is C19H20ClN2O6PS. The summed E-state index contributed by atoms with van der Waals surface area (Å²) in [7, 11) is -4.20. The summed E-state index contributed by atoms with van der Waals surface area (Å²) in [5.74, 6) is 0.800. The predicted octanol–water partition coefficient (Wildman–Crippen LogP) is 4.60. The summed E-state index contributed by atoms with van der Waals surface area (Å²) in [5.41, 5.74) is -0.574. The van der Waals surface area contributed by atoms with Crippen LogP contribution in [0.2, 0.25) is 4.34 Å². The third kappa shape index (κ3) is 6.17. The van der Waals surface area contributed by atoms with Crippen molar-refractivity contribution in [3.8, 4) is 11.5 Å². The summed E-state index contributed by atoms with van der Waals surface area (Å²) in [4.78, 5) is 35.2. The first kappa shape index (κ1) is 22.5. The van der Waals surface area contributed by atoms with Crippen LogP contribution in [0.5, 0.6) is 11.5 Å². The Labute approximate surface area is 182 Å². The van der Waals surface area contributed by atoms with Gasteiger partial charge < -0.3 is 19.3 Å². The van der Waals surface area contributed by atoms with Crippen LogP contribution in [0.15, 0.2) is 48.4 Å². The molecule has 1 aliphatic rings. The number of ether oxygens (including phenoxy) is 2. The van der Waals surface area contributed by atoms with E-state index in [4.69, 9.17) is 21.1 Å². The zero-order chi connectivity index (χ0) is 21.9. The van der Waals surface area contributed by atoms with Gasteiger partial charge in [-0.3, -0.25) is 14.7 Å². The average molecular weight is 471 g/mol. The number of nitrogens with one attached hydrogen (secondary N) is 1. The van der Waals surface area contributed by atoms with E-state index in [2.05, 4.69) is 10.3 Å². The van der Waals surface area contributed by atoms with Crippen molar-refractivity contribution in [2.75, 3.05) is 5.32 Å². The Morgan fingerprint density at radius 1 is 1.33 bits per heavy atom. The minimum Gasteiger partial charge on any atom is -0.491 e. The van der Waals surface area contributed by atoms with Crippen molar-refractivity contribution in [3.63, 3.8) is 0 Å². The van der Waals surface area contributed by atoms with Gasteiger partial charge in [0.05, 0.1) is 18.0 Å². The molecule has 1 heterocycles. The van der Waals surface area contributed by atoms with E-state index in [9.17, 15) is 19.1 Å². The molecular weight excluding hydrogens is 451 g/mol. The summed E-state index contributed by atoms with van der Waals surface area (Å²) in [6, 6.07) is 4.77. The number of carbonyl (C=O) groups is 1. The van der Waals surface area contributed by atoms with Gasteiger partial charge in [0.2, 0.25) is 0 Å². The van der Waals surface area contributed by atoms with Crippen LogP contribution in [0.1, 0.15) is 30.6 Å². The van der Waals surface area contributed by atoms with Gasteiger partial charge in [-0.1, -0.05) is 29.0 Å². The Balaban J connectivity index is 1.81. The van der Waals surface area contributed by atoms with Crippen LogP contribution in [-0.2, 0) is 4.57 Å². The Bertz CT molecular complexity index is 1050. The van der Waals surface area contributed by atoms with Crippen molar-refractivity contribution >= 4 is 41.6 Å². The fraction of sp³-hybridized carbons (Fsp3) is 0.263. The Morgan fingerprint density at radius 3 is 2.63 bits per heavy atom. The number of allylic oxidation sites excluding steroid dienone is 3. The van der Waals surface area contributed by atoms with Crippen molar-refractivity contribution in [3.05, 3.63) is 58.3 Å². The molecule has 0 bridgehead atoms. The fourth-order valence-corrected chi connectivity index (χ4v) is 4.13. The van der Waals surface area contributed by atoms with E-state index in [0.29, 0.717) is 32.3 Å². The lowest BCUT2D eigenvalue weighted by Crippen LogP contribution is -2.13. The number of nitrogens with zero attached hydrogens (tertiary/aromatic N) is 1. The lowest BCUT2D eigenvalue weighted by molar-refractivity contribution is 0.102. The number of hydrogen-bond donors (Lipinski definition) is 3. The quantitative estimate of drug-likeness (QED) is 0.506. The number of aromatic nitrogens is 1. The monoisotopic (exact) mass is 470 g/mol. The van der Waals surface area contributed by atoms with Gasteiger partial charge in [0, 0.05) is 11.6 Å². The van der Waals surface area contributed by atoms with Crippen molar-refractivity contribution < 1.29 is 28.6 Å². The molecule has 0 saturated carbocycles. The molecule has 160 valence electrons. The molecule has 0 radical (unpaired) electrons. The van der Waals surface area contributed by atoms with Crippen LogP contribution in [0.25, 0.3) is 0 Å². The summed E-state index contributed by atoms with van der Waals surface area (Å²) >= 11 is 6.99. The summed E-state index contributed by atoms with van der Waals surface area (Å²) < 4.78 is 23.4. The zero-order valence-corrected chi connectivity index (χ0v) is 18.6. The fourth-order valence-electron chi connectivity index (χ4n) is 2.63. The lowest BCUT2D eigenvalue weighted by Gasteiger charge is -2.18. The maximum Gasteiger partial charge on any atom is 0.332 e. The first-order valence-corrected chi connectivity index (χ1v) is 11.8. The van der Waals surface area contributed by atoms with E-state index in [1.54, 1.807) is 24.3 Å². The Hall–Kier alpha value is -2.16. The third-order valence-electron chi connectivity index (χ3n) is 3.92. The van der Waals surface area contributed by atoms with E-state index >= 15 is 0 Å². The molecule has 1 aliphatic carbocycles. The molecule has 8 nitrogen and oxygen atoms in total. The first-order valence-electron chi connectivity index (χ1n) is 8.96. The van der Waals surface area contributed by atoms with Gasteiger partial charge in [0.25, 0.3) is 5.91 Å². The number of amides is 1. The smallest absolute Gasteiger partial charge is 0.332 e. The van der Waals surface area contributed by atoms with E-state index in [1.807, 2.05) is 13.8 Å². The lowest BCUT2D eigenvalue weighted by atomic mass is 10.1. The van der Waals surface area contributed by atoms with Crippen LogP contribution < -0.4 is 14.8 Å². The molecule has 0 fully saturated rings. The molecule has 3 N–H and O–H groups in total. The van der Waals surface area contributed by atoms with Gasteiger partial charge in [-0.15, -0.1) is 0 Å². The van der Waals surface area contributed by atoms with E-state index in [1.165, 1.54) is 18.3 Å². The number of thiazole rings is 1. The number of benzene rings is 1. The molecule has 1 amide bonds. The standard InChI is InChI=1S/C19H20ClN2O6PS/c1-11(2)27-14-7-12(18(23)22-19-21-10-17(20)30-19)8-15(9-14)28-13-3-5-16(6-4-13)29(24,25)26/h3-5,7-11,16H,6H2,1-2H3,(H,21,22,23)(H2,24,25,26). The predicted molar refractivity (Wildman–Crippen MR) is 116 cm³/mol. The molecule has 0 aliphatic heterocycles.